The highest BCUT2D eigenvalue weighted by Crippen LogP contribution is 2.11. The van der Waals surface area contributed by atoms with Crippen LogP contribution in [-0.4, -0.2) is 14.0 Å². The Morgan fingerprint density at radius 1 is 0.944 bits per heavy atom. The molecule has 18 heavy (non-hydrogen) atoms. The summed E-state index contributed by atoms with van der Waals surface area (Å²) in [6.45, 7) is 0.589. The minimum Gasteiger partial charge on any atom is -0.489 e. The second-order valence-corrected chi connectivity index (χ2v) is 8.37. The van der Waals surface area contributed by atoms with Crippen molar-refractivity contribution in [2.24, 2.45) is 0 Å². The fourth-order valence-electron chi connectivity index (χ4n) is 1.64. The van der Waals surface area contributed by atoms with Crippen LogP contribution in [0.3, 0.4) is 0 Å². The Morgan fingerprint density at radius 2 is 1.61 bits per heavy atom. The van der Waals surface area contributed by atoms with Crippen LogP contribution >= 0.6 is 23.2 Å². The Labute approximate surface area is 120 Å². The number of hydrogen-bond donors (Lipinski definition) is 0. The lowest BCUT2D eigenvalue weighted by molar-refractivity contribution is 0.306. The summed E-state index contributed by atoms with van der Waals surface area (Å²) in [5.74, 6) is 0.872. The fraction of sp³-hybridized carbons (Fsp3) is 0.143. The molecule has 0 atom stereocenters. The minimum absolute atomic E-state index is 0.221. The van der Waals surface area contributed by atoms with Gasteiger partial charge in [-0.3, -0.25) is 0 Å². The molecule has 2 aromatic rings. The first-order valence-electron chi connectivity index (χ1n) is 5.78. The molecule has 0 fully saturated rings. The topological polar surface area (TPSA) is 9.23 Å². The number of hydrogen-bond acceptors (Lipinski definition) is 1. The second-order valence-electron chi connectivity index (χ2n) is 4.01. The van der Waals surface area contributed by atoms with Gasteiger partial charge in [0.05, 0.1) is 14.0 Å². The molecule has 0 amide bonds. The average molecular weight is 297 g/mol. The van der Waals surface area contributed by atoms with E-state index in [-0.39, 0.29) is 4.46 Å². The Kier molecular flexibility index (Phi) is 5.11. The van der Waals surface area contributed by atoms with Crippen molar-refractivity contribution in [3.05, 3.63) is 60.2 Å². The molecule has 0 aliphatic heterocycles. The first-order valence-corrected chi connectivity index (χ1v) is 8.17. The van der Waals surface area contributed by atoms with Gasteiger partial charge in [-0.15, -0.1) is 23.2 Å². The van der Waals surface area contributed by atoms with Crippen molar-refractivity contribution in [2.45, 2.75) is 11.1 Å². The zero-order valence-electron chi connectivity index (χ0n) is 9.85. The minimum atomic E-state index is -0.582. The van der Waals surface area contributed by atoms with E-state index in [9.17, 15) is 0 Å². The quantitative estimate of drug-likeness (QED) is 0.609. The van der Waals surface area contributed by atoms with Gasteiger partial charge in [-0.25, -0.2) is 0 Å². The lowest BCUT2D eigenvalue weighted by Gasteiger charge is -2.07. The van der Waals surface area contributed by atoms with Gasteiger partial charge in [0.25, 0.3) is 0 Å². The lowest BCUT2D eigenvalue weighted by Crippen LogP contribution is -2.19. The average Bonchev–Trinajstić information content (AvgIpc) is 2.38. The molecule has 0 radical (unpaired) electrons. The molecular weight excluding hydrogens is 283 g/mol. The van der Waals surface area contributed by atoms with Gasteiger partial charge in [0.1, 0.15) is 12.4 Å². The summed E-state index contributed by atoms with van der Waals surface area (Å²) in [5, 5.41) is 1.25. The number of ether oxygens (including phenoxy) is 1. The number of halogens is 2. The standard InChI is InChI=1S/C14H14Cl2OSi/c15-14(16)18-13-8-6-12(7-9-13)17-10-11-4-2-1-3-5-11/h1-9,14H,10,18H2. The zero-order valence-corrected chi connectivity index (χ0v) is 12.8. The molecule has 4 heteroatoms. The highest BCUT2D eigenvalue weighted by molar-refractivity contribution is 6.75. The Bertz CT molecular complexity index is 471. The molecule has 2 rings (SSSR count). The van der Waals surface area contributed by atoms with E-state index in [0.717, 1.165) is 11.3 Å². The molecule has 2 aromatic carbocycles. The van der Waals surface area contributed by atoms with Crippen molar-refractivity contribution in [3.8, 4) is 5.75 Å². The van der Waals surface area contributed by atoms with Crippen LogP contribution in [0.15, 0.2) is 54.6 Å². The molecule has 0 N–H and O–H groups in total. The maximum atomic E-state index is 5.79. The Balaban J connectivity index is 1.90. The van der Waals surface area contributed by atoms with E-state index in [2.05, 4.69) is 0 Å². The van der Waals surface area contributed by atoms with Crippen molar-refractivity contribution >= 4 is 37.9 Å². The van der Waals surface area contributed by atoms with Crippen LogP contribution in [0.4, 0.5) is 0 Å². The first-order chi connectivity index (χ1) is 8.74. The summed E-state index contributed by atoms with van der Waals surface area (Å²) < 4.78 is 5.48. The van der Waals surface area contributed by atoms with Gasteiger partial charge in [-0.2, -0.15) is 0 Å². The van der Waals surface area contributed by atoms with Gasteiger partial charge in [0.15, 0.2) is 0 Å². The van der Waals surface area contributed by atoms with Crippen LogP contribution in [0, 0.1) is 0 Å². The normalized spacial score (nSPS) is 11.3. The third-order valence-corrected chi connectivity index (χ3v) is 4.74. The molecule has 0 aliphatic carbocycles. The van der Waals surface area contributed by atoms with Crippen LogP contribution in [0.2, 0.25) is 0 Å². The smallest absolute Gasteiger partial charge is 0.119 e. The van der Waals surface area contributed by atoms with Gasteiger partial charge < -0.3 is 4.74 Å². The van der Waals surface area contributed by atoms with Crippen molar-refractivity contribution in [2.75, 3.05) is 0 Å². The summed E-state index contributed by atoms with van der Waals surface area (Å²) in [4.78, 5) is 0. The summed E-state index contributed by atoms with van der Waals surface area (Å²) >= 11 is 11.6. The van der Waals surface area contributed by atoms with E-state index in [0.29, 0.717) is 6.61 Å². The highest BCUT2D eigenvalue weighted by Gasteiger charge is 2.02. The van der Waals surface area contributed by atoms with Gasteiger partial charge in [-0.1, -0.05) is 47.7 Å². The fourth-order valence-corrected chi connectivity index (χ4v) is 3.57. The van der Waals surface area contributed by atoms with Crippen LogP contribution in [0.5, 0.6) is 5.75 Å². The number of benzene rings is 2. The van der Waals surface area contributed by atoms with Crippen molar-refractivity contribution < 1.29 is 4.74 Å². The van der Waals surface area contributed by atoms with Gasteiger partial charge in [0.2, 0.25) is 0 Å². The van der Waals surface area contributed by atoms with E-state index >= 15 is 0 Å². The lowest BCUT2D eigenvalue weighted by atomic mass is 10.2. The van der Waals surface area contributed by atoms with Crippen LogP contribution in [0.1, 0.15) is 5.56 Å². The number of alkyl halides is 2. The van der Waals surface area contributed by atoms with Crippen LogP contribution in [-0.2, 0) is 6.61 Å². The summed E-state index contributed by atoms with van der Waals surface area (Å²) in [6.07, 6.45) is 0. The Hall–Kier alpha value is -0.963. The molecule has 0 saturated heterocycles. The summed E-state index contributed by atoms with van der Waals surface area (Å²) in [7, 11) is -0.582. The summed E-state index contributed by atoms with van der Waals surface area (Å²) in [6, 6.07) is 18.2. The molecular formula is C14H14Cl2OSi. The summed E-state index contributed by atoms with van der Waals surface area (Å²) in [5.41, 5.74) is 1.16. The van der Waals surface area contributed by atoms with E-state index in [4.69, 9.17) is 27.9 Å². The Morgan fingerprint density at radius 3 is 2.22 bits per heavy atom. The molecule has 0 aliphatic rings. The van der Waals surface area contributed by atoms with E-state index in [1.54, 1.807) is 0 Å². The SMILES string of the molecule is ClC(Cl)[SiH2]c1ccc(OCc2ccccc2)cc1. The highest BCUT2D eigenvalue weighted by atomic mass is 35.5. The maximum absolute atomic E-state index is 5.79. The molecule has 0 saturated carbocycles. The van der Waals surface area contributed by atoms with Gasteiger partial charge >= 0.3 is 0 Å². The molecule has 0 bridgehead atoms. The molecule has 0 aromatic heterocycles. The van der Waals surface area contributed by atoms with Gasteiger partial charge in [0, 0.05) is 0 Å². The van der Waals surface area contributed by atoms with E-state index in [1.165, 1.54) is 5.19 Å². The van der Waals surface area contributed by atoms with Crippen LogP contribution in [0.25, 0.3) is 0 Å². The van der Waals surface area contributed by atoms with E-state index in [1.807, 2.05) is 54.6 Å². The molecule has 0 heterocycles. The van der Waals surface area contributed by atoms with Crippen molar-refractivity contribution in [1.82, 2.24) is 0 Å². The maximum Gasteiger partial charge on any atom is 0.119 e. The third kappa shape index (κ3) is 4.37. The van der Waals surface area contributed by atoms with Gasteiger partial charge in [-0.05, 0) is 17.7 Å². The number of rotatable bonds is 5. The molecule has 0 unspecified atom stereocenters. The predicted octanol–water partition coefficient (Wildman–Crippen LogP) is 2.82. The largest absolute Gasteiger partial charge is 0.489 e. The predicted molar refractivity (Wildman–Crippen MR) is 80.9 cm³/mol. The van der Waals surface area contributed by atoms with Crippen LogP contribution < -0.4 is 9.92 Å². The van der Waals surface area contributed by atoms with E-state index < -0.39 is 9.52 Å². The van der Waals surface area contributed by atoms with Crippen molar-refractivity contribution in [1.29, 1.82) is 0 Å². The third-order valence-electron chi connectivity index (χ3n) is 2.56. The molecule has 94 valence electrons. The second kappa shape index (κ2) is 6.83. The molecule has 0 spiro atoms. The molecule has 1 nitrogen and oxygen atoms in total. The van der Waals surface area contributed by atoms with Crippen molar-refractivity contribution in [3.63, 3.8) is 0 Å². The first kappa shape index (κ1) is 13.5. The monoisotopic (exact) mass is 296 g/mol. The zero-order chi connectivity index (χ0) is 12.8.